The molecule has 0 unspecified atom stereocenters. The number of terminal acetylenes is 1. The smallest absolute Gasteiger partial charge is 0.141 e. The second-order valence-corrected chi connectivity index (χ2v) is 8.03. The highest BCUT2D eigenvalue weighted by atomic mass is 16.5. The van der Waals surface area contributed by atoms with Gasteiger partial charge in [-0.05, 0) is 45.0 Å². The topological polar surface area (TPSA) is 59.5 Å². The first-order valence-electron chi connectivity index (χ1n) is 10.6. The van der Waals surface area contributed by atoms with E-state index in [9.17, 15) is 0 Å². The number of nitrogens with one attached hydrogen (secondary N) is 1. The molecule has 1 aromatic heterocycles. The van der Waals surface area contributed by atoms with Gasteiger partial charge < -0.3 is 14.8 Å². The van der Waals surface area contributed by atoms with E-state index in [0.29, 0.717) is 6.61 Å². The Balaban J connectivity index is 1.81. The molecule has 6 heteroatoms. The van der Waals surface area contributed by atoms with Gasteiger partial charge in [-0.25, -0.2) is 9.97 Å². The zero-order valence-electron chi connectivity index (χ0n) is 18.3. The maximum absolute atomic E-state index is 6.05. The van der Waals surface area contributed by atoms with Crippen LogP contribution in [0, 0.1) is 12.3 Å². The summed E-state index contributed by atoms with van der Waals surface area (Å²) in [4.78, 5) is 11.5. The van der Waals surface area contributed by atoms with Crippen LogP contribution >= 0.6 is 0 Å². The van der Waals surface area contributed by atoms with Gasteiger partial charge in [0, 0.05) is 46.9 Å². The van der Waals surface area contributed by atoms with Crippen molar-refractivity contribution in [2.45, 2.75) is 26.3 Å². The molecule has 1 fully saturated rings. The lowest BCUT2D eigenvalue weighted by Gasteiger charge is -2.41. The third kappa shape index (κ3) is 4.34. The summed E-state index contributed by atoms with van der Waals surface area (Å²) in [6.45, 7) is 10.3. The summed E-state index contributed by atoms with van der Waals surface area (Å²) in [6.07, 6.45) is 7.12. The predicted octanol–water partition coefficient (Wildman–Crippen LogP) is 4.32. The van der Waals surface area contributed by atoms with Gasteiger partial charge in [0.2, 0.25) is 0 Å². The van der Waals surface area contributed by atoms with Gasteiger partial charge in [-0.3, -0.25) is 4.90 Å². The molecule has 31 heavy (non-hydrogen) atoms. The van der Waals surface area contributed by atoms with E-state index >= 15 is 0 Å². The standard InChI is InChI=1S/C25H28N4O2/c1-5-18-8-7-9-19(14-18)28-24-20-15-21(25(3,4)29-10-12-30-13-11-29)23(31-6-2)16-22(20)26-17-27-24/h1,7-9,14-17H,6,10-13H2,2-4H3,(H,26,27,28). The van der Waals surface area contributed by atoms with E-state index in [1.807, 2.05) is 37.3 Å². The molecular formula is C25H28N4O2. The lowest BCUT2D eigenvalue weighted by Crippen LogP contribution is -2.48. The average molecular weight is 417 g/mol. The molecule has 0 saturated carbocycles. The Morgan fingerprint density at radius 1 is 1.19 bits per heavy atom. The molecule has 1 saturated heterocycles. The summed E-state index contributed by atoms with van der Waals surface area (Å²) < 4.78 is 11.6. The maximum atomic E-state index is 6.05. The van der Waals surface area contributed by atoms with Crippen molar-refractivity contribution in [2.24, 2.45) is 0 Å². The van der Waals surface area contributed by atoms with Crippen molar-refractivity contribution in [3.05, 3.63) is 53.9 Å². The van der Waals surface area contributed by atoms with Crippen molar-refractivity contribution < 1.29 is 9.47 Å². The maximum Gasteiger partial charge on any atom is 0.141 e. The van der Waals surface area contributed by atoms with Crippen LogP contribution in [0.2, 0.25) is 0 Å². The summed E-state index contributed by atoms with van der Waals surface area (Å²) in [5.41, 5.74) is 3.41. The van der Waals surface area contributed by atoms with Crippen LogP contribution < -0.4 is 10.1 Å². The number of nitrogens with zero attached hydrogens (tertiary/aromatic N) is 3. The molecule has 1 aliphatic heterocycles. The van der Waals surface area contributed by atoms with Crippen LogP contribution in [0.3, 0.4) is 0 Å². The summed E-state index contributed by atoms with van der Waals surface area (Å²) in [5, 5.41) is 4.35. The zero-order valence-corrected chi connectivity index (χ0v) is 18.3. The van der Waals surface area contributed by atoms with Crippen molar-refractivity contribution in [3.8, 4) is 18.1 Å². The molecule has 0 bridgehead atoms. The Hall–Kier alpha value is -3.14. The Morgan fingerprint density at radius 2 is 2.00 bits per heavy atom. The Labute approximate surface area is 183 Å². The molecule has 0 amide bonds. The molecule has 2 heterocycles. The number of morpholine rings is 1. The van der Waals surface area contributed by atoms with E-state index in [-0.39, 0.29) is 5.54 Å². The number of anilines is 2. The number of ether oxygens (including phenoxy) is 2. The van der Waals surface area contributed by atoms with Crippen molar-refractivity contribution >= 4 is 22.4 Å². The molecule has 0 aliphatic carbocycles. The third-order valence-corrected chi connectivity index (χ3v) is 5.79. The van der Waals surface area contributed by atoms with Gasteiger partial charge >= 0.3 is 0 Å². The fourth-order valence-electron chi connectivity index (χ4n) is 4.05. The normalized spacial score (nSPS) is 14.9. The van der Waals surface area contributed by atoms with Crippen molar-refractivity contribution in [1.29, 1.82) is 0 Å². The highest BCUT2D eigenvalue weighted by Crippen LogP contribution is 2.39. The molecule has 0 atom stereocenters. The molecular weight excluding hydrogens is 388 g/mol. The lowest BCUT2D eigenvalue weighted by molar-refractivity contribution is -0.0125. The Kier molecular flexibility index (Phi) is 6.08. The van der Waals surface area contributed by atoms with Crippen LogP contribution in [0.4, 0.5) is 11.5 Å². The molecule has 0 radical (unpaired) electrons. The van der Waals surface area contributed by atoms with Crippen LogP contribution in [-0.4, -0.2) is 47.8 Å². The quantitative estimate of drug-likeness (QED) is 0.604. The molecule has 2 aromatic carbocycles. The minimum Gasteiger partial charge on any atom is -0.493 e. The van der Waals surface area contributed by atoms with Gasteiger partial charge in [-0.1, -0.05) is 12.0 Å². The zero-order chi connectivity index (χ0) is 21.8. The van der Waals surface area contributed by atoms with Gasteiger partial charge in [0.25, 0.3) is 0 Å². The van der Waals surface area contributed by atoms with Crippen molar-refractivity contribution in [1.82, 2.24) is 14.9 Å². The molecule has 3 aromatic rings. The van der Waals surface area contributed by atoms with Crippen LogP contribution in [0.25, 0.3) is 10.9 Å². The van der Waals surface area contributed by atoms with Gasteiger partial charge in [0.1, 0.15) is 17.9 Å². The summed E-state index contributed by atoms with van der Waals surface area (Å²) in [5.74, 6) is 4.26. The number of aromatic nitrogens is 2. The SMILES string of the molecule is C#Cc1cccc(Nc2ncnc3cc(OCC)c(C(C)(C)N4CCOCC4)cc23)c1. The van der Waals surface area contributed by atoms with E-state index in [0.717, 1.165) is 65.6 Å². The van der Waals surface area contributed by atoms with Crippen LogP contribution in [0.1, 0.15) is 31.9 Å². The van der Waals surface area contributed by atoms with E-state index in [4.69, 9.17) is 15.9 Å². The first kappa shape index (κ1) is 21.1. The largest absolute Gasteiger partial charge is 0.493 e. The van der Waals surface area contributed by atoms with Crippen LogP contribution in [0.15, 0.2) is 42.7 Å². The van der Waals surface area contributed by atoms with E-state index in [2.05, 4.69) is 46.0 Å². The minimum atomic E-state index is -0.237. The lowest BCUT2D eigenvalue weighted by atomic mass is 9.89. The van der Waals surface area contributed by atoms with Gasteiger partial charge in [0.05, 0.1) is 25.3 Å². The number of hydrogen-bond acceptors (Lipinski definition) is 6. The van der Waals surface area contributed by atoms with Gasteiger partial charge in [0.15, 0.2) is 0 Å². The highest BCUT2D eigenvalue weighted by molar-refractivity contribution is 5.92. The Morgan fingerprint density at radius 3 is 2.74 bits per heavy atom. The average Bonchev–Trinajstić information content (AvgIpc) is 2.80. The summed E-state index contributed by atoms with van der Waals surface area (Å²) in [6, 6.07) is 11.9. The first-order valence-corrected chi connectivity index (χ1v) is 10.6. The molecule has 160 valence electrons. The Bertz CT molecular complexity index is 1110. The minimum absolute atomic E-state index is 0.237. The van der Waals surface area contributed by atoms with Crippen molar-refractivity contribution in [2.75, 3.05) is 38.2 Å². The summed E-state index contributed by atoms with van der Waals surface area (Å²) >= 11 is 0. The van der Waals surface area contributed by atoms with E-state index in [1.165, 1.54) is 0 Å². The number of benzene rings is 2. The second-order valence-electron chi connectivity index (χ2n) is 8.03. The number of fused-ring (bicyclic) bond motifs is 1. The number of hydrogen-bond donors (Lipinski definition) is 1. The van der Waals surface area contributed by atoms with Crippen LogP contribution in [0.5, 0.6) is 5.75 Å². The van der Waals surface area contributed by atoms with Crippen LogP contribution in [-0.2, 0) is 10.3 Å². The monoisotopic (exact) mass is 416 g/mol. The first-order chi connectivity index (χ1) is 15.0. The van der Waals surface area contributed by atoms with Gasteiger partial charge in [-0.15, -0.1) is 6.42 Å². The molecule has 1 N–H and O–H groups in total. The fraction of sp³-hybridized carbons (Fsp3) is 0.360. The second kappa shape index (κ2) is 8.93. The molecule has 1 aliphatic rings. The molecule has 4 rings (SSSR count). The summed E-state index contributed by atoms with van der Waals surface area (Å²) in [7, 11) is 0. The number of rotatable bonds is 6. The molecule has 0 spiro atoms. The van der Waals surface area contributed by atoms with E-state index < -0.39 is 0 Å². The van der Waals surface area contributed by atoms with E-state index in [1.54, 1.807) is 6.33 Å². The fourth-order valence-corrected chi connectivity index (χ4v) is 4.05. The predicted molar refractivity (Wildman–Crippen MR) is 124 cm³/mol. The third-order valence-electron chi connectivity index (χ3n) is 5.79. The van der Waals surface area contributed by atoms with Gasteiger partial charge in [-0.2, -0.15) is 0 Å². The van der Waals surface area contributed by atoms with Crippen molar-refractivity contribution in [3.63, 3.8) is 0 Å². The molecule has 6 nitrogen and oxygen atoms in total. The highest BCUT2D eigenvalue weighted by Gasteiger charge is 2.33.